The number of allylic oxidation sites excluding steroid dienone is 1. The Morgan fingerprint density at radius 3 is 2.54 bits per heavy atom. The molecule has 0 bridgehead atoms. The van der Waals surface area contributed by atoms with E-state index in [-0.39, 0.29) is 29.1 Å². The summed E-state index contributed by atoms with van der Waals surface area (Å²) in [4.78, 5) is 30.3. The molecule has 2 fully saturated rings. The molecule has 1 aliphatic carbocycles. The number of ether oxygens (including phenoxy) is 2. The Balaban J connectivity index is 1.44. The Morgan fingerprint density at radius 1 is 1.00 bits per heavy atom. The molecule has 0 spiro atoms. The van der Waals surface area contributed by atoms with Crippen LogP contribution in [-0.4, -0.2) is 69.2 Å². The molecule has 2 aromatic heterocycles. The monoisotopic (exact) mass is 723 g/mol. The van der Waals surface area contributed by atoms with Gasteiger partial charge in [0.2, 0.25) is 0 Å². The van der Waals surface area contributed by atoms with E-state index in [0.29, 0.717) is 36.7 Å². The molecule has 1 saturated carbocycles. The van der Waals surface area contributed by atoms with Crippen molar-refractivity contribution in [2.24, 2.45) is 0 Å². The molecule has 3 aliphatic rings. The zero-order valence-electron chi connectivity index (χ0n) is 31.5. The number of fused-ring (bicyclic) bond motifs is 5. The predicted octanol–water partition coefficient (Wildman–Crippen LogP) is 8.95. The number of aryl methyl sites for hydroxylation is 1. The van der Waals surface area contributed by atoms with Gasteiger partial charge in [-0.1, -0.05) is 39.2 Å². The molecule has 2 amide bonds. The van der Waals surface area contributed by atoms with Crippen LogP contribution in [0, 0.1) is 0 Å². The van der Waals surface area contributed by atoms with E-state index in [9.17, 15) is 9.59 Å². The van der Waals surface area contributed by atoms with Gasteiger partial charge in [-0.15, -0.1) is 0 Å². The van der Waals surface area contributed by atoms with Crippen molar-refractivity contribution in [2.45, 2.75) is 115 Å². The van der Waals surface area contributed by atoms with E-state index in [1.807, 2.05) is 21.7 Å². The van der Waals surface area contributed by atoms with Gasteiger partial charge >= 0.3 is 0 Å². The van der Waals surface area contributed by atoms with Gasteiger partial charge < -0.3 is 18.9 Å². The Morgan fingerprint density at radius 2 is 1.81 bits per heavy atom. The van der Waals surface area contributed by atoms with Gasteiger partial charge in [0.1, 0.15) is 5.75 Å². The number of rotatable bonds is 10. The average molecular weight is 724 g/mol. The molecule has 1 N–H and O–H groups in total. The molecule has 2 atom stereocenters. The Hall–Kier alpha value is -4.02. The molecular weight excluding hydrogens is 671 g/mol. The molecule has 10 heteroatoms. The molecule has 7 rings (SSSR count). The second-order valence-electron chi connectivity index (χ2n) is 15.0. The highest BCUT2D eigenvalue weighted by molar-refractivity contribution is 7.98. The number of nitrogens with zero attached hydrogens (tertiary/aromatic N) is 4. The number of nitrogens with one attached hydrogen (secondary N) is 1. The molecule has 2 unspecified atom stereocenters. The minimum atomic E-state index is -0.0944. The van der Waals surface area contributed by atoms with Crippen LogP contribution in [0.25, 0.3) is 33.8 Å². The van der Waals surface area contributed by atoms with Crippen LogP contribution >= 0.6 is 11.9 Å². The van der Waals surface area contributed by atoms with Crippen molar-refractivity contribution in [3.8, 4) is 17.0 Å². The number of hydrogen-bond donors (Lipinski definition) is 1. The predicted molar refractivity (Wildman–Crippen MR) is 211 cm³/mol. The van der Waals surface area contributed by atoms with E-state index in [0.717, 1.165) is 65.8 Å². The van der Waals surface area contributed by atoms with Crippen molar-refractivity contribution < 1.29 is 19.1 Å². The van der Waals surface area contributed by atoms with Gasteiger partial charge in [-0.2, -0.15) is 5.10 Å². The zero-order chi connectivity index (χ0) is 36.5. The van der Waals surface area contributed by atoms with Crippen LogP contribution in [-0.2, 0) is 17.8 Å². The number of likely N-dealkylation sites (tertiary alicyclic amines) is 1. The van der Waals surface area contributed by atoms with Crippen molar-refractivity contribution in [3.05, 3.63) is 70.5 Å². The van der Waals surface area contributed by atoms with Crippen LogP contribution in [0.5, 0.6) is 5.75 Å². The van der Waals surface area contributed by atoms with Gasteiger partial charge in [0.15, 0.2) is 0 Å². The molecule has 4 heterocycles. The van der Waals surface area contributed by atoms with Crippen molar-refractivity contribution in [1.29, 1.82) is 0 Å². The summed E-state index contributed by atoms with van der Waals surface area (Å²) in [5, 5.41) is 6.29. The fourth-order valence-electron chi connectivity index (χ4n) is 8.83. The Kier molecular flexibility index (Phi) is 10.9. The van der Waals surface area contributed by atoms with Crippen LogP contribution in [0.15, 0.2) is 42.6 Å². The normalized spacial score (nSPS) is 19.3. The first kappa shape index (κ1) is 36.3. The van der Waals surface area contributed by atoms with Gasteiger partial charge in [-0.25, -0.2) is 0 Å². The third kappa shape index (κ3) is 6.80. The van der Waals surface area contributed by atoms with Crippen molar-refractivity contribution >= 4 is 46.3 Å². The molecule has 4 aromatic rings. The molecular formula is C42H53N5O4S. The number of carbonyl (C=O) groups is 2. The first-order valence-electron chi connectivity index (χ1n) is 19.1. The molecule has 9 nitrogen and oxygen atoms in total. The van der Waals surface area contributed by atoms with E-state index >= 15 is 0 Å². The molecule has 276 valence electrons. The quantitative estimate of drug-likeness (QED) is 0.164. The molecule has 0 radical (unpaired) electrons. The smallest absolute Gasteiger partial charge is 0.261 e. The van der Waals surface area contributed by atoms with Crippen LogP contribution in [0.4, 0.5) is 0 Å². The first-order chi connectivity index (χ1) is 25.2. The van der Waals surface area contributed by atoms with Gasteiger partial charge in [0, 0.05) is 47.0 Å². The number of methoxy groups -OCH3 is 2. The van der Waals surface area contributed by atoms with E-state index in [2.05, 4.69) is 67.3 Å². The SMILES string of the molecule is CCn1ncc(C(=O)N2C(C)CCCC2COC)c1C1=Cc2cc(OC)ccc2-c2c(C3CCCCC3)c3ccc(C(=O)NSC(C)C)cc3n2C1. The highest BCUT2D eigenvalue weighted by Gasteiger charge is 2.36. The van der Waals surface area contributed by atoms with Crippen molar-refractivity contribution in [2.75, 3.05) is 20.8 Å². The van der Waals surface area contributed by atoms with E-state index in [4.69, 9.17) is 14.6 Å². The summed E-state index contributed by atoms with van der Waals surface area (Å²) in [5.74, 6) is 1.10. The summed E-state index contributed by atoms with van der Waals surface area (Å²) in [5.41, 5.74) is 8.87. The van der Waals surface area contributed by atoms with Gasteiger partial charge in [-0.05, 0) is 117 Å². The van der Waals surface area contributed by atoms with Crippen LogP contribution in [0.2, 0.25) is 0 Å². The summed E-state index contributed by atoms with van der Waals surface area (Å²) in [6.07, 6.45) is 12.9. The maximum atomic E-state index is 14.7. The third-order valence-corrected chi connectivity index (χ3v) is 12.0. The van der Waals surface area contributed by atoms with E-state index < -0.39 is 0 Å². The minimum Gasteiger partial charge on any atom is -0.497 e. The number of benzene rings is 2. The Bertz CT molecular complexity index is 1990. The number of amides is 2. The topological polar surface area (TPSA) is 90.6 Å². The maximum Gasteiger partial charge on any atom is 0.261 e. The van der Waals surface area contributed by atoms with Gasteiger partial charge in [-0.3, -0.25) is 19.0 Å². The fraction of sp³-hybridized carbons (Fsp3) is 0.500. The fourth-order valence-corrected chi connectivity index (χ4v) is 9.29. The van der Waals surface area contributed by atoms with E-state index in [1.54, 1.807) is 20.4 Å². The average Bonchev–Trinajstić information content (AvgIpc) is 3.68. The maximum absolute atomic E-state index is 14.7. The van der Waals surface area contributed by atoms with Crippen LogP contribution < -0.4 is 9.46 Å². The second kappa shape index (κ2) is 15.5. The lowest BCUT2D eigenvalue weighted by Crippen LogP contribution is -2.50. The van der Waals surface area contributed by atoms with Gasteiger partial charge in [0.05, 0.1) is 49.5 Å². The first-order valence-corrected chi connectivity index (χ1v) is 20.0. The molecule has 2 aromatic carbocycles. The summed E-state index contributed by atoms with van der Waals surface area (Å²) >= 11 is 1.43. The van der Waals surface area contributed by atoms with Crippen molar-refractivity contribution in [1.82, 2.24) is 24.0 Å². The highest BCUT2D eigenvalue weighted by Crippen LogP contribution is 2.48. The molecule has 1 saturated heterocycles. The summed E-state index contributed by atoms with van der Waals surface area (Å²) < 4.78 is 18.8. The largest absolute Gasteiger partial charge is 0.497 e. The Labute approximate surface area is 312 Å². The number of aromatic nitrogens is 3. The summed E-state index contributed by atoms with van der Waals surface area (Å²) in [6.45, 7) is 10.0. The number of carbonyl (C=O) groups excluding carboxylic acids is 2. The van der Waals surface area contributed by atoms with Crippen LogP contribution in [0.3, 0.4) is 0 Å². The second-order valence-corrected chi connectivity index (χ2v) is 16.3. The standard InChI is InChI=1S/C42H53N5O4S/c1-7-46-39(36(23-43-46)42(49)47-27(4)12-11-15-32(47)25-50-5)31-20-30-21-33(51-6)17-19-34(30)40-38(28-13-9-8-10-14-28)35-18-16-29(22-37(35)45(40)24-31)41(48)44-52-26(2)3/h16-23,26-28,32H,7-15,24-25H2,1-6H3,(H,44,48). The lowest BCUT2D eigenvalue weighted by molar-refractivity contribution is 0.0264. The summed E-state index contributed by atoms with van der Waals surface area (Å²) in [7, 11) is 3.42. The lowest BCUT2D eigenvalue weighted by Gasteiger charge is -2.40. The molecule has 2 aliphatic heterocycles. The lowest BCUT2D eigenvalue weighted by atomic mass is 9.81. The highest BCUT2D eigenvalue weighted by atomic mass is 32.2. The number of piperidine rings is 1. The molecule has 52 heavy (non-hydrogen) atoms. The van der Waals surface area contributed by atoms with Crippen LogP contribution in [0.1, 0.15) is 123 Å². The third-order valence-electron chi connectivity index (χ3n) is 11.2. The van der Waals surface area contributed by atoms with E-state index in [1.165, 1.54) is 47.9 Å². The van der Waals surface area contributed by atoms with Crippen molar-refractivity contribution in [3.63, 3.8) is 0 Å². The number of hydrogen-bond acceptors (Lipinski definition) is 6. The minimum absolute atomic E-state index is 0.00190. The van der Waals surface area contributed by atoms with Gasteiger partial charge in [0.25, 0.3) is 11.8 Å². The summed E-state index contributed by atoms with van der Waals surface area (Å²) in [6, 6.07) is 12.7. The zero-order valence-corrected chi connectivity index (χ0v) is 32.4.